The number of hydrogen-bond donors (Lipinski definition) is 6. The Kier molecular flexibility index (Phi) is 9.25. The number of aliphatic hydroxyl groups excluding tert-OH is 2. The molecule has 9 N–H and O–H groups in total. The zero-order chi connectivity index (χ0) is 22.8. The first-order valence-corrected chi connectivity index (χ1v) is 9.89. The van der Waals surface area contributed by atoms with E-state index in [-0.39, 0.29) is 41.7 Å². The van der Waals surface area contributed by atoms with Gasteiger partial charge in [0.15, 0.2) is 28.4 Å². The number of aliphatic hydroxyl groups is 2. The van der Waals surface area contributed by atoms with Crippen LogP contribution in [-0.2, 0) is 6.42 Å². The van der Waals surface area contributed by atoms with Crippen LogP contribution in [0.2, 0.25) is 5.15 Å². The summed E-state index contributed by atoms with van der Waals surface area (Å²) in [6.45, 7) is 0.220. The predicted molar refractivity (Wildman–Crippen MR) is 118 cm³/mol. The molecule has 168 valence electrons. The summed E-state index contributed by atoms with van der Waals surface area (Å²) in [7, 11) is 0. The molecule has 0 fully saturated rings. The highest BCUT2D eigenvalue weighted by Gasteiger charge is 2.15. The van der Waals surface area contributed by atoms with Crippen LogP contribution in [0.15, 0.2) is 29.3 Å². The van der Waals surface area contributed by atoms with Crippen LogP contribution in [-0.4, -0.2) is 57.9 Å². The minimum absolute atomic E-state index is 0.0392. The van der Waals surface area contributed by atoms with Gasteiger partial charge in [0.05, 0.1) is 6.61 Å². The summed E-state index contributed by atoms with van der Waals surface area (Å²) in [5.74, 6) is -0.464. The molecule has 1 aromatic carbocycles. The van der Waals surface area contributed by atoms with E-state index in [2.05, 4.69) is 20.3 Å². The number of carbonyl (C=O) groups is 1. The molecule has 1 atom stereocenters. The van der Waals surface area contributed by atoms with Crippen molar-refractivity contribution in [2.75, 3.05) is 31.2 Å². The molecule has 1 unspecified atom stereocenters. The summed E-state index contributed by atoms with van der Waals surface area (Å²) >= 11 is 5.75. The molecule has 11 nitrogen and oxygen atoms in total. The lowest BCUT2D eigenvalue weighted by Crippen LogP contribution is -2.33. The molecule has 0 aliphatic carbocycles. The second kappa shape index (κ2) is 11.9. The quantitative estimate of drug-likeness (QED) is 0.163. The van der Waals surface area contributed by atoms with Crippen molar-refractivity contribution in [3.8, 4) is 5.75 Å². The molecule has 0 aliphatic rings. The van der Waals surface area contributed by atoms with Gasteiger partial charge in [0.25, 0.3) is 0 Å². The predicted octanol–water partition coefficient (Wildman–Crippen LogP) is 0.0938. The van der Waals surface area contributed by atoms with Crippen molar-refractivity contribution in [2.24, 2.45) is 10.7 Å². The fourth-order valence-corrected chi connectivity index (χ4v) is 2.60. The number of guanidine groups is 1. The molecule has 31 heavy (non-hydrogen) atoms. The van der Waals surface area contributed by atoms with Crippen molar-refractivity contribution in [3.63, 3.8) is 0 Å². The molecular weight excluding hydrogens is 426 g/mol. The second-order valence-corrected chi connectivity index (χ2v) is 6.97. The number of aromatic nitrogens is 2. The fraction of sp³-hybridized carbons (Fsp3) is 0.368. The van der Waals surface area contributed by atoms with E-state index in [1.54, 1.807) is 0 Å². The van der Waals surface area contributed by atoms with Crippen molar-refractivity contribution in [3.05, 3.63) is 40.7 Å². The van der Waals surface area contributed by atoms with Crippen molar-refractivity contribution in [1.29, 1.82) is 0 Å². The number of halogens is 1. The number of nitrogen functional groups attached to an aromatic ring is 2. The van der Waals surface area contributed by atoms with Crippen LogP contribution >= 0.6 is 11.6 Å². The molecule has 0 radical (unpaired) electrons. The molecule has 2 aromatic rings. The maximum atomic E-state index is 12.1. The number of nitrogens with zero attached hydrogens (tertiary/aromatic N) is 3. The molecule has 2 rings (SSSR count). The first-order valence-electron chi connectivity index (χ1n) is 9.51. The highest BCUT2D eigenvalue weighted by atomic mass is 35.5. The van der Waals surface area contributed by atoms with Gasteiger partial charge in [0.2, 0.25) is 0 Å². The normalized spacial score (nSPS) is 12.4. The van der Waals surface area contributed by atoms with E-state index >= 15 is 0 Å². The Morgan fingerprint density at radius 2 is 1.90 bits per heavy atom. The lowest BCUT2D eigenvalue weighted by atomic mass is 10.1. The number of nitrogens with one attached hydrogen (secondary N) is 1. The Morgan fingerprint density at radius 3 is 2.58 bits per heavy atom. The average molecular weight is 452 g/mol. The van der Waals surface area contributed by atoms with E-state index in [9.17, 15) is 9.90 Å². The monoisotopic (exact) mass is 451 g/mol. The minimum atomic E-state index is -0.895. The zero-order valence-corrected chi connectivity index (χ0v) is 17.5. The van der Waals surface area contributed by atoms with Crippen LogP contribution in [0, 0.1) is 0 Å². The van der Waals surface area contributed by atoms with Crippen LogP contribution < -0.4 is 27.3 Å². The summed E-state index contributed by atoms with van der Waals surface area (Å²) in [5, 5.41) is 20.8. The van der Waals surface area contributed by atoms with E-state index in [4.69, 9.17) is 38.6 Å². The van der Waals surface area contributed by atoms with Crippen molar-refractivity contribution in [2.45, 2.75) is 25.4 Å². The number of anilines is 2. The summed E-state index contributed by atoms with van der Waals surface area (Å²) in [6, 6.07) is 7.50. The van der Waals surface area contributed by atoms with E-state index in [1.807, 2.05) is 24.3 Å². The highest BCUT2D eigenvalue weighted by Crippen LogP contribution is 2.18. The van der Waals surface area contributed by atoms with E-state index < -0.39 is 12.0 Å². The second-order valence-electron chi connectivity index (χ2n) is 6.61. The van der Waals surface area contributed by atoms with Gasteiger partial charge in [-0.1, -0.05) is 23.7 Å². The van der Waals surface area contributed by atoms with Crippen LogP contribution in [0.1, 0.15) is 28.9 Å². The van der Waals surface area contributed by atoms with Gasteiger partial charge < -0.3 is 37.5 Å². The SMILES string of the molecule is N/C(=N\C(=O)c1nc(Cl)c(N)nc1N)NCCCCc1ccc(OCC(O)CO)cc1. The van der Waals surface area contributed by atoms with E-state index in [0.29, 0.717) is 12.3 Å². The minimum Gasteiger partial charge on any atom is -0.491 e. The first-order chi connectivity index (χ1) is 14.8. The molecule has 0 saturated heterocycles. The number of benzene rings is 1. The number of rotatable bonds is 10. The summed E-state index contributed by atoms with van der Waals surface area (Å²) in [6.07, 6.45) is 1.62. The molecular formula is C19H26ClN7O4. The number of amides is 1. The topological polar surface area (TPSA) is 195 Å². The molecule has 1 heterocycles. The van der Waals surface area contributed by atoms with Gasteiger partial charge in [0.1, 0.15) is 18.5 Å². The molecule has 0 bridgehead atoms. The fourth-order valence-electron chi connectivity index (χ4n) is 2.47. The number of ether oxygens (including phenoxy) is 1. The van der Waals surface area contributed by atoms with Gasteiger partial charge in [-0.25, -0.2) is 9.97 Å². The van der Waals surface area contributed by atoms with Crippen molar-refractivity contribution in [1.82, 2.24) is 15.3 Å². The third-order valence-corrected chi connectivity index (χ3v) is 4.38. The number of hydrogen-bond acceptors (Lipinski definition) is 8. The number of unbranched alkanes of at least 4 members (excludes halogenated alkanes) is 1. The Labute approximate surface area is 184 Å². The number of nitrogens with two attached hydrogens (primary N) is 3. The third kappa shape index (κ3) is 7.89. The molecule has 0 aliphatic heterocycles. The molecule has 12 heteroatoms. The first kappa shape index (κ1) is 24.1. The summed E-state index contributed by atoms with van der Waals surface area (Å²) < 4.78 is 5.36. The molecule has 0 spiro atoms. The summed E-state index contributed by atoms with van der Waals surface area (Å²) in [4.78, 5) is 23.3. The maximum Gasteiger partial charge on any atom is 0.302 e. The molecule has 1 aromatic heterocycles. The standard InChI is InChI=1S/C19H26ClN7O4/c20-15-17(22)26-16(21)14(25-15)18(30)27-19(23)24-8-2-1-3-11-4-6-13(7-5-11)31-10-12(29)9-28/h4-7,12,28-29H,1-3,8-10H2,(H4,21,22,26)(H3,23,24,27,30). The molecule has 0 saturated carbocycles. The summed E-state index contributed by atoms with van der Waals surface area (Å²) in [5.41, 5.74) is 17.7. The maximum absolute atomic E-state index is 12.1. The zero-order valence-electron chi connectivity index (χ0n) is 16.8. The smallest absolute Gasteiger partial charge is 0.302 e. The van der Waals surface area contributed by atoms with Gasteiger partial charge in [-0.15, -0.1) is 0 Å². The van der Waals surface area contributed by atoms with Crippen LogP contribution in [0.3, 0.4) is 0 Å². The number of aryl methyl sites for hydroxylation is 1. The van der Waals surface area contributed by atoms with Crippen LogP contribution in [0.25, 0.3) is 0 Å². The number of aliphatic imine (C=N–C) groups is 1. The van der Waals surface area contributed by atoms with Gasteiger partial charge in [-0.3, -0.25) is 4.79 Å². The Hall–Kier alpha value is -3.15. The van der Waals surface area contributed by atoms with Crippen molar-refractivity contribution >= 4 is 35.1 Å². The van der Waals surface area contributed by atoms with Gasteiger partial charge >= 0.3 is 5.91 Å². The Balaban J connectivity index is 1.72. The van der Waals surface area contributed by atoms with Crippen LogP contribution in [0.5, 0.6) is 5.75 Å². The van der Waals surface area contributed by atoms with Crippen molar-refractivity contribution < 1.29 is 19.7 Å². The lowest BCUT2D eigenvalue weighted by molar-refractivity contribution is 0.0536. The third-order valence-electron chi connectivity index (χ3n) is 4.10. The highest BCUT2D eigenvalue weighted by molar-refractivity contribution is 6.31. The Morgan fingerprint density at radius 1 is 1.19 bits per heavy atom. The van der Waals surface area contributed by atoms with Gasteiger partial charge in [-0.2, -0.15) is 4.99 Å². The van der Waals surface area contributed by atoms with E-state index in [0.717, 1.165) is 24.8 Å². The van der Waals surface area contributed by atoms with Gasteiger partial charge in [0, 0.05) is 6.54 Å². The largest absolute Gasteiger partial charge is 0.491 e. The lowest BCUT2D eigenvalue weighted by Gasteiger charge is -2.10. The average Bonchev–Trinajstić information content (AvgIpc) is 2.75. The molecule has 1 amide bonds. The van der Waals surface area contributed by atoms with Gasteiger partial charge in [-0.05, 0) is 37.0 Å². The Bertz CT molecular complexity index is 909. The number of carbonyl (C=O) groups excluding carboxylic acids is 1. The van der Waals surface area contributed by atoms with Crippen LogP contribution in [0.4, 0.5) is 11.6 Å². The van der Waals surface area contributed by atoms with E-state index in [1.165, 1.54) is 0 Å².